The van der Waals surface area contributed by atoms with Crippen LogP contribution in [-0.4, -0.2) is 30.1 Å². The first kappa shape index (κ1) is 18.1. The molecule has 0 unspecified atom stereocenters. The van der Waals surface area contributed by atoms with Crippen LogP contribution in [0.4, 0.5) is 0 Å². The monoisotopic (exact) mass is 349 g/mol. The Bertz CT molecular complexity index is 815. The average molecular weight is 349 g/mol. The fraction of sp³-hybridized carbons (Fsp3) is 0.235. The molecule has 24 heavy (non-hydrogen) atoms. The lowest BCUT2D eigenvalue weighted by Gasteiger charge is -2.22. The van der Waals surface area contributed by atoms with E-state index in [0.717, 1.165) is 11.1 Å². The Morgan fingerprint density at radius 1 is 1.08 bits per heavy atom. The Labute approximate surface area is 140 Å². The van der Waals surface area contributed by atoms with Crippen LogP contribution in [0.15, 0.2) is 53.4 Å². The van der Waals surface area contributed by atoms with Crippen LogP contribution in [0.3, 0.4) is 0 Å². The third-order valence-corrected chi connectivity index (χ3v) is 4.57. The highest BCUT2D eigenvalue weighted by Gasteiger charge is 2.22. The van der Waals surface area contributed by atoms with E-state index in [2.05, 4.69) is 5.32 Å². The van der Waals surface area contributed by atoms with Crippen LogP contribution in [-0.2, 0) is 27.9 Å². The van der Waals surface area contributed by atoms with Gasteiger partial charge in [0.15, 0.2) is 0 Å². The number of rotatable bonds is 2. The molecule has 0 bridgehead atoms. The van der Waals surface area contributed by atoms with E-state index in [-0.39, 0.29) is 4.90 Å². The van der Waals surface area contributed by atoms with Crippen molar-refractivity contribution in [1.82, 2.24) is 5.32 Å². The number of hydrogen-bond acceptors (Lipinski definition) is 4. The molecule has 2 aromatic rings. The van der Waals surface area contributed by atoms with E-state index >= 15 is 0 Å². The van der Waals surface area contributed by atoms with Gasteiger partial charge in [0.25, 0.3) is 10.1 Å². The van der Waals surface area contributed by atoms with Crippen LogP contribution in [0.25, 0.3) is 0 Å². The van der Waals surface area contributed by atoms with E-state index in [1.807, 2.05) is 31.2 Å². The van der Waals surface area contributed by atoms with Crippen molar-refractivity contribution in [2.45, 2.75) is 30.8 Å². The summed E-state index contributed by atoms with van der Waals surface area (Å²) >= 11 is 0. The van der Waals surface area contributed by atoms with Gasteiger partial charge < -0.3 is 10.4 Å². The number of aryl methyl sites for hydroxylation is 1. The first-order chi connectivity index (χ1) is 11.3. The molecule has 0 spiro atoms. The molecule has 6 nitrogen and oxygen atoms in total. The topological polar surface area (TPSA) is 104 Å². The highest BCUT2D eigenvalue weighted by atomic mass is 32.2. The third kappa shape index (κ3) is 4.89. The van der Waals surface area contributed by atoms with Gasteiger partial charge in [-0.05, 0) is 36.6 Å². The molecule has 0 radical (unpaired) electrons. The molecular formula is C17H19NO5S. The van der Waals surface area contributed by atoms with Crippen molar-refractivity contribution in [3.05, 3.63) is 65.2 Å². The molecule has 1 heterocycles. The quantitative estimate of drug-likeness (QED) is 0.717. The maximum Gasteiger partial charge on any atom is 0.321 e. The molecule has 0 aromatic heterocycles. The van der Waals surface area contributed by atoms with Crippen LogP contribution < -0.4 is 5.32 Å². The molecule has 128 valence electrons. The number of aliphatic carboxylic acids is 1. The van der Waals surface area contributed by atoms with Crippen LogP contribution in [0.2, 0.25) is 0 Å². The lowest BCUT2D eigenvalue weighted by molar-refractivity contribution is -0.139. The SMILES string of the molecule is Cc1ccc(S(=O)(=O)O)cc1.O=C(O)[C@@H]1Cc2ccccc2CN1. The molecule has 0 saturated carbocycles. The number of fused-ring (bicyclic) bond motifs is 1. The third-order valence-electron chi connectivity index (χ3n) is 3.70. The minimum absolute atomic E-state index is 0.0666. The number of carboxylic acids is 1. The molecule has 1 atom stereocenters. The zero-order valence-electron chi connectivity index (χ0n) is 13.1. The lowest BCUT2D eigenvalue weighted by Crippen LogP contribution is -2.41. The molecule has 0 saturated heterocycles. The Morgan fingerprint density at radius 2 is 1.67 bits per heavy atom. The first-order valence-electron chi connectivity index (χ1n) is 7.34. The lowest BCUT2D eigenvalue weighted by atomic mass is 9.96. The summed E-state index contributed by atoms with van der Waals surface area (Å²) in [5.74, 6) is -0.769. The molecule has 1 aliphatic rings. The van der Waals surface area contributed by atoms with Crippen molar-refractivity contribution in [1.29, 1.82) is 0 Å². The highest BCUT2D eigenvalue weighted by Crippen LogP contribution is 2.16. The number of carboxylic acid groups (broad SMARTS) is 1. The molecule has 3 rings (SSSR count). The molecular weight excluding hydrogens is 330 g/mol. The van der Waals surface area contributed by atoms with Gasteiger partial charge in [-0.2, -0.15) is 8.42 Å². The van der Waals surface area contributed by atoms with Gasteiger partial charge in [-0.1, -0.05) is 42.0 Å². The number of carbonyl (C=O) groups is 1. The fourth-order valence-electron chi connectivity index (χ4n) is 2.34. The summed E-state index contributed by atoms with van der Waals surface area (Å²) in [6, 6.07) is 13.5. The standard InChI is InChI=1S/C10H11NO2.C7H8O3S/c12-10(13)9-5-7-3-1-2-4-8(7)6-11-9;1-6-2-4-7(5-3-6)11(8,9)10/h1-4,9,11H,5-6H2,(H,12,13);2-5H,1H3,(H,8,9,10)/t9-;/m0./s1. The van der Waals surface area contributed by atoms with Gasteiger partial charge in [0.1, 0.15) is 6.04 Å². The summed E-state index contributed by atoms with van der Waals surface area (Å²) in [5, 5.41) is 11.8. The second-order valence-electron chi connectivity index (χ2n) is 5.53. The Hall–Kier alpha value is -2.22. The largest absolute Gasteiger partial charge is 0.480 e. The number of nitrogens with one attached hydrogen (secondary N) is 1. The average Bonchev–Trinajstić information content (AvgIpc) is 2.54. The first-order valence-corrected chi connectivity index (χ1v) is 8.78. The molecule has 1 aliphatic heterocycles. The Balaban J connectivity index is 0.000000177. The van der Waals surface area contributed by atoms with Crippen LogP contribution >= 0.6 is 0 Å². The maximum absolute atomic E-state index is 10.7. The zero-order chi connectivity index (χ0) is 17.7. The second-order valence-corrected chi connectivity index (χ2v) is 6.95. The van der Waals surface area contributed by atoms with Crippen molar-refractivity contribution in [3.63, 3.8) is 0 Å². The summed E-state index contributed by atoms with van der Waals surface area (Å²) in [6.07, 6.45) is 0.589. The summed E-state index contributed by atoms with van der Waals surface area (Å²) < 4.78 is 29.6. The minimum atomic E-state index is -4.02. The van der Waals surface area contributed by atoms with E-state index in [1.165, 1.54) is 17.7 Å². The fourth-order valence-corrected chi connectivity index (χ4v) is 2.82. The summed E-state index contributed by atoms with van der Waals surface area (Å²) in [4.78, 5) is 10.6. The predicted octanol–water partition coefficient (Wildman–Crippen LogP) is 2.03. The molecule has 0 amide bonds. The normalized spacial score (nSPS) is 16.5. The Morgan fingerprint density at radius 3 is 2.21 bits per heavy atom. The van der Waals surface area contributed by atoms with E-state index in [4.69, 9.17) is 9.66 Å². The van der Waals surface area contributed by atoms with Crippen LogP contribution in [0.5, 0.6) is 0 Å². The van der Waals surface area contributed by atoms with Gasteiger partial charge in [-0.3, -0.25) is 9.35 Å². The van der Waals surface area contributed by atoms with Gasteiger partial charge in [0, 0.05) is 6.54 Å². The maximum atomic E-state index is 10.7. The van der Waals surface area contributed by atoms with Gasteiger partial charge in [0.2, 0.25) is 0 Å². The smallest absolute Gasteiger partial charge is 0.321 e. The van der Waals surface area contributed by atoms with Crippen molar-refractivity contribution in [3.8, 4) is 0 Å². The van der Waals surface area contributed by atoms with Crippen LogP contribution in [0.1, 0.15) is 16.7 Å². The second kappa shape index (κ2) is 7.57. The van der Waals surface area contributed by atoms with Crippen LogP contribution in [0, 0.1) is 6.92 Å². The van der Waals surface area contributed by atoms with E-state index in [0.29, 0.717) is 13.0 Å². The zero-order valence-corrected chi connectivity index (χ0v) is 14.0. The summed E-state index contributed by atoms with van der Waals surface area (Å²) in [7, 11) is -4.02. The number of benzene rings is 2. The Kier molecular flexibility index (Phi) is 5.71. The molecule has 2 aromatic carbocycles. The van der Waals surface area contributed by atoms with Crippen molar-refractivity contribution in [2.24, 2.45) is 0 Å². The number of hydrogen-bond donors (Lipinski definition) is 3. The molecule has 0 fully saturated rings. The van der Waals surface area contributed by atoms with Gasteiger partial charge in [0.05, 0.1) is 4.90 Å². The van der Waals surface area contributed by atoms with Crippen molar-refractivity contribution in [2.75, 3.05) is 0 Å². The summed E-state index contributed by atoms with van der Waals surface area (Å²) in [6.45, 7) is 2.50. The predicted molar refractivity (Wildman–Crippen MR) is 89.4 cm³/mol. The highest BCUT2D eigenvalue weighted by molar-refractivity contribution is 7.85. The summed E-state index contributed by atoms with van der Waals surface area (Å²) in [5.41, 5.74) is 3.31. The molecule has 0 aliphatic carbocycles. The van der Waals surface area contributed by atoms with E-state index in [9.17, 15) is 13.2 Å². The molecule has 3 N–H and O–H groups in total. The molecule has 7 heteroatoms. The van der Waals surface area contributed by atoms with Gasteiger partial charge >= 0.3 is 5.97 Å². The van der Waals surface area contributed by atoms with E-state index in [1.54, 1.807) is 12.1 Å². The van der Waals surface area contributed by atoms with Crippen molar-refractivity contribution >= 4 is 16.1 Å². The van der Waals surface area contributed by atoms with Crippen molar-refractivity contribution < 1.29 is 22.9 Å². The minimum Gasteiger partial charge on any atom is -0.480 e. The van der Waals surface area contributed by atoms with E-state index < -0.39 is 22.1 Å². The van der Waals surface area contributed by atoms with Gasteiger partial charge in [-0.25, -0.2) is 0 Å². The van der Waals surface area contributed by atoms with Gasteiger partial charge in [-0.15, -0.1) is 0 Å².